The minimum absolute atomic E-state index is 0.00364. The monoisotopic (exact) mass is 567 g/mol. The van der Waals surface area contributed by atoms with E-state index in [2.05, 4.69) is 39.8 Å². The fraction of sp³-hybridized carbons (Fsp3) is 0.382. The Hall–Kier alpha value is -4.17. The van der Waals surface area contributed by atoms with Crippen molar-refractivity contribution in [1.82, 2.24) is 15.5 Å². The van der Waals surface area contributed by atoms with Gasteiger partial charge in [-0.05, 0) is 59.4 Å². The van der Waals surface area contributed by atoms with E-state index in [4.69, 9.17) is 4.74 Å². The largest absolute Gasteiger partial charge is 0.479 e. The van der Waals surface area contributed by atoms with Crippen LogP contribution in [0.1, 0.15) is 54.7 Å². The van der Waals surface area contributed by atoms with Gasteiger partial charge in [-0.1, -0.05) is 78.9 Å². The highest BCUT2D eigenvalue weighted by Gasteiger charge is 2.46. The highest BCUT2D eigenvalue weighted by molar-refractivity contribution is 5.87. The third kappa shape index (κ3) is 5.90. The van der Waals surface area contributed by atoms with Crippen molar-refractivity contribution in [3.8, 4) is 11.1 Å². The lowest BCUT2D eigenvalue weighted by molar-refractivity contribution is -0.147. The van der Waals surface area contributed by atoms with E-state index in [0.29, 0.717) is 25.9 Å². The normalized spacial score (nSPS) is 23.2. The molecule has 3 aliphatic rings. The van der Waals surface area contributed by atoms with E-state index in [9.17, 15) is 19.5 Å². The number of rotatable bonds is 9. The summed E-state index contributed by atoms with van der Waals surface area (Å²) < 4.78 is 5.70. The van der Waals surface area contributed by atoms with E-state index in [-0.39, 0.29) is 43.4 Å². The second-order valence-corrected chi connectivity index (χ2v) is 11.9. The lowest BCUT2D eigenvalue weighted by Gasteiger charge is -2.27. The van der Waals surface area contributed by atoms with Crippen LogP contribution in [-0.4, -0.2) is 59.3 Å². The number of carboxylic acid groups (broad SMARTS) is 1. The van der Waals surface area contributed by atoms with Crippen molar-refractivity contribution in [3.63, 3.8) is 0 Å². The Kier molecular flexibility index (Phi) is 7.98. The molecule has 218 valence electrons. The molecular weight excluding hydrogens is 530 g/mol. The van der Waals surface area contributed by atoms with Gasteiger partial charge in [0.25, 0.3) is 0 Å². The van der Waals surface area contributed by atoms with Gasteiger partial charge in [-0.25, -0.2) is 9.59 Å². The maximum atomic E-state index is 13.0. The molecule has 0 bridgehead atoms. The summed E-state index contributed by atoms with van der Waals surface area (Å²) in [5.41, 5.74) is 4.55. The topological polar surface area (TPSA) is 108 Å². The molecule has 0 aromatic heterocycles. The number of amides is 2. The molecule has 1 unspecified atom stereocenters. The second-order valence-electron chi connectivity index (χ2n) is 11.9. The first-order valence-corrected chi connectivity index (χ1v) is 14.8. The van der Waals surface area contributed by atoms with Crippen LogP contribution in [0.25, 0.3) is 11.1 Å². The van der Waals surface area contributed by atoms with Crippen LogP contribution in [0.2, 0.25) is 0 Å². The molecule has 8 nitrogen and oxygen atoms in total. The number of nitrogens with zero attached hydrogens (tertiary/aromatic N) is 1. The number of benzene rings is 3. The Morgan fingerprint density at radius 3 is 2.26 bits per heavy atom. The molecule has 3 aromatic carbocycles. The zero-order valence-corrected chi connectivity index (χ0v) is 23.6. The average Bonchev–Trinajstić information content (AvgIpc) is 3.69. The van der Waals surface area contributed by atoms with Gasteiger partial charge in [-0.2, -0.15) is 0 Å². The summed E-state index contributed by atoms with van der Waals surface area (Å²) in [5, 5.41) is 15.9. The van der Waals surface area contributed by atoms with Gasteiger partial charge in [0.05, 0.1) is 0 Å². The predicted molar refractivity (Wildman–Crippen MR) is 159 cm³/mol. The molecule has 3 N–H and O–H groups in total. The number of ether oxygens (including phenoxy) is 1. The number of hydrogen-bond donors (Lipinski definition) is 3. The molecule has 0 radical (unpaired) electrons. The Morgan fingerprint density at radius 1 is 0.905 bits per heavy atom. The summed E-state index contributed by atoms with van der Waals surface area (Å²) in [7, 11) is 0. The van der Waals surface area contributed by atoms with Crippen molar-refractivity contribution in [1.29, 1.82) is 0 Å². The number of carbonyl (C=O) groups excluding carboxylic acids is 2. The predicted octanol–water partition coefficient (Wildman–Crippen LogP) is 4.93. The first kappa shape index (κ1) is 28.0. The molecule has 42 heavy (non-hydrogen) atoms. The van der Waals surface area contributed by atoms with E-state index in [1.807, 2.05) is 54.6 Å². The standard InChI is InChI=1S/C34H37N3O5/c38-31(36-34(32(39)40)16-17-37(22-34)20-23-8-2-1-3-9-23)19-24-14-15-25(18-24)35-33(41)42-21-30-28-12-6-4-10-26(28)27-11-5-7-13-29(27)30/h1-13,24-25,30H,14-22H2,(H,35,41)(H,36,38)(H,39,40)/t24-,25+,34?/m1/s1. The van der Waals surface area contributed by atoms with Crippen LogP contribution in [0.4, 0.5) is 4.79 Å². The quantitative estimate of drug-likeness (QED) is 0.339. The number of alkyl carbamates (subject to hydrolysis) is 1. The number of nitrogens with one attached hydrogen (secondary N) is 2. The van der Waals surface area contributed by atoms with Gasteiger partial charge < -0.3 is 20.5 Å². The molecule has 2 aliphatic carbocycles. The van der Waals surface area contributed by atoms with Gasteiger partial charge in [-0.15, -0.1) is 0 Å². The molecular formula is C34H37N3O5. The van der Waals surface area contributed by atoms with Crippen LogP contribution in [-0.2, 0) is 20.9 Å². The Bertz CT molecular complexity index is 1410. The number of aliphatic carboxylic acids is 1. The summed E-state index contributed by atoms with van der Waals surface area (Å²) in [6.45, 7) is 1.80. The molecule has 8 heteroatoms. The zero-order chi connectivity index (χ0) is 29.1. The van der Waals surface area contributed by atoms with Gasteiger partial charge in [-0.3, -0.25) is 9.69 Å². The lowest BCUT2D eigenvalue weighted by Crippen LogP contribution is -2.56. The van der Waals surface area contributed by atoms with Crippen molar-refractivity contribution in [2.24, 2.45) is 5.92 Å². The second kappa shape index (κ2) is 12.0. The van der Waals surface area contributed by atoms with Crippen LogP contribution in [0, 0.1) is 5.92 Å². The third-order valence-electron chi connectivity index (χ3n) is 9.07. The maximum Gasteiger partial charge on any atom is 0.407 e. The number of fused-ring (bicyclic) bond motifs is 3. The van der Waals surface area contributed by atoms with Crippen LogP contribution in [0.15, 0.2) is 78.9 Å². The van der Waals surface area contributed by atoms with Gasteiger partial charge >= 0.3 is 12.1 Å². The Morgan fingerprint density at radius 2 is 1.57 bits per heavy atom. The summed E-state index contributed by atoms with van der Waals surface area (Å²) in [4.78, 5) is 40.1. The molecule has 2 fully saturated rings. The minimum Gasteiger partial charge on any atom is -0.479 e. The average molecular weight is 568 g/mol. The van der Waals surface area contributed by atoms with E-state index < -0.39 is 17.6 Å². The van der Waals surface area contributed by atoms with Gasteiger partial charge in [0, 0.05) is 38.0 Å². The summed E-state index contributed by atoms with van der Waals surface area (Å²) in [6.07, 6.45) is 2.39. The Labute approximate surface area is 246 Å². The molecule has 1 aliphatic heterocycles. The van der Waals surface area contributed by atoms with Crippen molar-refractivity contribution >= 4 is 18.0 Å². The van der Waals surface area contributed by atoms with Crippen LogP contribution >= 0.6 is 0 Å². The van der Waals surface area contributed by atoms with E-state index in [0.717, 1.165) is 18.4 Å². The first-order valence-electron chi connectivity index (χ1n) is 14.8. The van der Waals surface area contributed by atoms with Gasteiger partial charge in [0.15, 0.2) is 5.54 Å². The summed E-state index contributed by atoms with van der Waals surface area (Å²) in [5.74, 6) is -1.15. The van der Waals surface area contributed by atoms with Crippen molar-refractivity contribution in [3.05, 3.63) is 95.6 Å². The molecule has 6 rings (SSSR count). The molecule has 1 saturated heterocycles. The van der Waals surface area contributed by atoms with E-state index in [1.165, 1.54) is 22.3 Å². The molecule has 3 atom stereocenters. The lowest BCUT2D eigenvalue weighted by atomic mass is 9.96. The summed E-state index contributed by atoms with van der Waals surface area (Å²) in [6, 6.07) is 26.3. The smallest absolute Gasteiger partial charge is 0.407 e. The highest BCUT2D eigenvalue weighted by atomic mass is 16.5. The molecule has 2 amide bonds. The van der Waals surface area contributed by atoms with Crippen molar-refractivity contribution < 1.29 is 24.2 Å². The van der Waals surface area contributed by atoms with Gasteiger partial charge in [0.1, 0.15) is 6.61 Å². The molecule has 0 spiro atoms. The molecule has 3 aromatic rings. The van der Waals surface area contributed by atoms with Crippen molar-refractivity contribution in [2.75, 3.05) is 19.7 Å². The Balaban J connectivity index is 0.972. The third-order valence-corrected chi connectivity index (χ3v) is 9.07. The molecule has 1 heterocycles. The zero-order valence-electron chi connectivity index (χ0n) is 23.6. The summed E-state index contributed by atoms with van der Waals surface area (Å²) >= 11 is 0. The van der Waals surface area contributed by atoms with Crippen LogP contribution < -0.4 is 10.6 Å². The van der Waals surface area contributed by atoms with Crippen LogP contribution in [0.5, 0.6) is 0 Å². The maximum absolute atomic E-state index is 13.0. The molecule has 1 saturated carbocycles. The fourth-order valence-electron chi connectivity index (χ4n) is 6.97. The van der Waals surface area contributed by atoms with Gasteiger partial charge in [0.2, 0.25) is 5.91 Å². The van der Waals surface area contributed by atoms with E-state index in [1.54, 1.807) is 0 Å². The number of carbonyl (C=O) groups is 3. The minimum atomic E-state index is -1.27. The first-order chi connectivity index (χ1) is 20.4. The number of hydrogen-bond acceptors (Lipinski definition) is 5. The van der Waals surface area contributed by atoms with Crippen LogP contribution in [0.3, 0.4) is 0 Å². The van der Waals surface area contributed by atoms with E-state index >= 15 is 0 Å². The fourth-order valence-corrected chi connectivity index (χ4v) is 6.97. The number of likely N-dealkylation sites (tertiary alicyclic amines) is 1. The highest BCUT2D eigenvalue weighted by Crippen LogP contribution is 2.44. The van der Waals surface area contributed by atoms with Crippen molar-refractivity contribution in [2.45, 2.75) is 56.1 Å². The number of carboxylic acids is 1. The SMILES string of the molecule is O=C(C[C@@H]1CC[C@H](NC(=O)OCC2c3ccccc3-c3ccccc32)C1)NC1(C(=O)O)CCN(Cc2ccccc2)C1.